The van der Waals surface area contributed by atoms with Gasteiger partial charge >= 0.3 is 0 Å². The van der Waals surface area contributed by atoms with Gasteiger partial charge in [0.15, 0.2) is 5.13 Å². The van der Waals surface area contributed by atoms with Crippen LogP contribution in [0.5, 0.6) is 0 Å². The Morgan fingerprint density at radius 1 is 1.00 bits per heavy atom. The molecule has 0 saturated carbocycles. The summed E-state index contributed by atoms with van der Waals surface area (Å²) in [5, 5.41) is 14.5. The summed E-state index contributed by atoms with van der Waals surface area (Å²) in [5.74, 6) is 0. The van der Waals surface area contributed by atoms with E-state index >= 15 is 0 Å². The summed E-state index contributed by atoms with van der Waals surface area (Å²) in [6.07, 6.45) is 0. The Hall–Kier alpha value is -2.68. The molecule has 1 aromatic heterocycles. The standard InChI is InChI=1S/C21H15N3S.BrH/c1-24(20-11-5-8-16-7-2-3-10-18(16)20)21-23-19(14-25-21)17-9-4-6-15(12-17)13-22;/h2-12,14H,1H3;1H. The van der Waals surface area contributed by atoms with Crippen LogP contribution in [-0.4, -0.2) is 12.0 Å². The van der Waals surface area contributed by atoms with Gasteiger partial charge in [-0.05, 0) is 23.6 Å². The molecule has 0 spiro atoms. The topological polar surface area (TPSA) is 39.9 Å². The Morgan fingerprint density at radius 3 is 2.62 bits per heavy atom. The summed E-state index contributed by atoms with van der Waals surface area (Å²) >= 11 is 1.60. The highest BCUT2D eigenvalue weighted by Crippen LogP contribution is 2.34. The fourth-order valence-electron chi connectivity index (χ4n) is 2.90. The number of nitriles is 1. The first-order valence-electron chi connectivity index (χ1n) is 7.94. The number of anilines is 2. The molecule has 4 rings (SSSR count). The second kappa shape index (κ2) is 7.69. The Morgan fingerprint density at radius 2 is 1.77 bits per heavy atom. The Bertz CT molecular complexity index is 1090. The van der Waals surface area contributed by atoms with E-state index in [4.69, 9.17) is 10.2 Å². The average Bonchev–Trinajstić information content (AvgIpc) is 3.17. The molecule has 0 aliphatic heterocycles. The predicted molar refractivity (Wildman–Crippen MR) is 115 cm³/mol. The lowest BCUT2D eigenvalue weighted by Gasteiger charge is -2.18. The molecular weight excluding hydrogens is 406 g/mol. The summed E-state index contributed by atoms with van der Waals surface area (Å²) < 4.78 is 0. The van der Waals surface area contributed by atoms with Crippen molar-refractivity contribution in [3.8, 4) is 17.3 Å². The Labute approximate surface area is 166 Å². The fraction of sp³-hybridized carbons (Fsp3) is 0.0476. The van der Waals surface area contributed by atoms with Crippen molar-refractivity contribution in [2.75, 3.05) is 11.9 Å². The minimum absolute atomic E-state index is 0. The molecule has 1 heterocycles. The van der Waals surface area contributed by atoms with E-state index < -0.39 is 0 Å². The Kier molecular flexibility index (Phi) is 5.36. The van der Waals surface area contributed by atoms with Gasteiger partial charge < -0.3 is 4.90 Å². The van der Waals surface area contributed by atoms with Crippen LogP contribution in [0, 0.1) is 11.3 Å². The van der Waals surface area contributed by atoms with Gasteiger partial charge in [-0.3, -0.25) is 0 Å². The quantitative estimate of drug-likeness (QED) is 0.396. The summed E-state index contributed by atoms with van der Waals surface area (Å²) in [6, 6.07) is 24.4. The molecule has 0 unspecified atom stereocenters. The molecule has 3 nitrogen and oxygen atoms in total. The van der Waals surface area contributed by atoms with Gasteiger partial charge in [0, 0.05) is 23.4 Å². The van der Waals surface area contributed by atoms with Crippen molar-refractivity contribution in [2.24, 2.45) is 0 Å². The van der Waals surface area contributed by atoms with Crippen molar-refractivity contribution in [2.45, 2.75) is 0 Å². The van der Waals surface area contributed by atoms with Gasteiger partial charge in [-0.15, -0.1) is 28.3 Å². The van der Waals surface area contributed by atoms with E-state index in [-0.39, 0.29) is 17.0 Å². The van der Waals surface area contributed by atoms with Crippen LogP contribution >= 0.6 is 28.3 Å². The van der Waals surface area contributed by atoms with E-state index in [0.717, 1.165) is 22.1 Å². The fourth-order valence-corrected chi connectivity index (χ4v) is 3.72. The first kappa shape index (κ1) is 18.1. The van der Waals surface area contributed by atoms with Crippen LogP contribution in [0.3, 0.4) is 0 Å². The molecule has 0 radical (unpaired) electrons. The molecule has 0 fully saturated rings. The molecule has 26 heavy (non-hydrogen) atoms. The molecule has 0 bridgehead atoms. The smallest absolute Gasteiger partial charge is 0.190 e. The zero-order chi connectivity index (χ0) is 17.2. The minimum Gasteiger partial charge on any atom is -0.320 e. The highest BCUT2D eigenvalue weighted by Gasteiger charge is 2.12. The van der Waals surface area contributed by atoms with Crippen LogP contribution in [0.1, 0.15) is 5.56 Å². The monoisotopic (exact) mass is 421 g/mol. The number of thiazole rings is 1. The van der Waals surface area contributed by atoms with E-state index in [0.29, 0.717) is 5.56 Å². The summed E-state index contributed by atoms with van der Waals surface area (Å²) in [4.78, 5) is 6.89. The van der Waals surface area contributed by atoms with Crippen molar-refractivity contribution < 1.29 is 0 Å². The first-order chi connectivity index (χ1) is 12.3. The second-order valence-electron chi connectivity index (χ2n) is 5.77. The number of hydrogen-bond acceptors (Lipinski definition) is 4. The lowest BCUT2D eigenvalue weighted by atomic mass is 10.1. The van der Waals surface area contributed by atoms with Crippen LogP contribution in [0.15, 0.2) is 72.1 Å². The third-order valence-corrected chi connectivity index (χ3v) is 5.11. The van der Waals surface area contributed by atoms with Crippen molar-refractivity contribution in [3.63, 3.8) is 0 Å². The minimum atomic E-state index is 0. The SMILES string of the molecule is Br.CN(c1nc(-c2cccc(C#N)c2)cs1)c1cccc2ccccc12. The number of aromatic nitrogens is 1. The molecule has 0 atom stereocenters. The molecule has 3 aromatic carbocycles. The van der Waals surface area contributed by atoms with E-state index in [1.165, 1.54) is 10.8 Å². The lowest BCUT2D eigenvalue weighted by molar-refractivity contribution is 1.18. The maximum absolute atomic E-state index is 9.08. The van der Waals surface area contributed by atoms with Crippen LogP contribution in [0.4, 0.5) is 10.8 Å². The van der Waals surface area contributed by atoms with Crippen molar-refractivity contribution in [1.82, 2.24) is 4.98 Å². The van der Waals surface area contributed by atoms with E-state index in [1.54, 1.807) is 17.4 Å². The highest BCUT2D eigenvalue weighted by atomic mass is 79.9. The largest absolute Gasteiger partial charge is 0.320 e. The third-order valence-electron chi connectivity index (χ3n) is 4.19. The summed E-state index contributed by atoms with van der Waals surface area (Å²) in [7, 11) is 2.04. The predicted octanol–water partition coefficient (Wildman–Crippen LogP) is 6.18. The van der Waals surface area contributed by atoms with Crippen molar-refractivity contribution in [1.29, 1.82) is 5.26 Å². The number of nitrogens with zero attached hydrogens (tertiary/aromatic N) is 3. The normalized spacial score (nSPS) is 10.2. The molecule has 0 aliphatic carbocycles. The van der Waals surface area contributed by atoms with Gasteiger partial charge in [-0.25, -0.2) is 4.98 Å². The average molecular weight is 422 g/mol. The molecule has 0 amide bonds. The van der Waals surface area contributed by atoms with E-state index in [9.17, 15) is 0 Å². The number of halogens is 1. The van der Waals surface area contributed by atoms with Crippen LogP contribution in [0.2, 0.25) is 0 Å². The van der Waals surface area contributed by atoms with Crippen LogP contribution in [0.25, 0.3) is 22.0 Å². The maximum Gasteiger partial charge on any atom is 0.190 e. The molecule has 0 N–H and O–H groups in total. The van der Waals surface area contributed by atoms with Gasteiger partial charge in [0.2, 0.25) is 0 Å². The van der Waals surface area contributed by atoms with Gasteiger partial charge in [0.1, 0.15) is 0 Å². The maximum atomic E-state index is 9.08. The highest BCUT2D eigenvalue weighted by molar-refractivity contribution is 8.93. The zero-order valence-corrected chi connectivity index (χ0v) is 16.6. The summed E-state index contributed by atoms with van der Waals surface area (Å²) in [6.45, 7) is 0. The number of benzene rings is 3. The van der Waals surface area contributed by atoms with E-state index in [1.807, 2.05) is 30.6 Å². The number of rotatable bonds is 3. The number of fused-ring (bicyclic) bond motifs is 1. The first-order valence-corrected chi connectivity index (χ1v) is 8.82. The zero-order valence-electron chi connectivity index (χ0n) is 14.1. The second-order valence-corrected chi connectivity index (χ2v) is 6.60. The van der Waals surface area contributed by atoms with Gasteiger partial charge in [-0.2, -0.15) is 5.26 Å². The Balaban J connectivity index is 0.00000196. The van der Waals surface area contributed by atoms with Gasteiger partial charge in [-0.1, -0.05) is 48.5 Å². The summed E-state index contributed by atoms with van der Waals surface area (Å²) in [5.41, 5.74) is 3.64. The van der Waals surface area contributed by atoms with E-state index in [2.05, 4.69) is 53.4 Å². The molecule has 128 valence electrons. The van der Waals surface area contributed by atoms with Crippen molar-refractivity contribution in [3.05, 3.63) is 77.7 Å². The van der Waals surface area contributed by atoms with Crippen molar-refractivity contribution >= 4 is 49.9 Å². The molecule has 0 aliphatic rings. The lowest BCUT2D eigenvalue weighted by Crippen LogP contribution is -2.09. The van der Waals surface area contributed by atoms with Crippen LogP contribution < -0.4 is 4.90 Å². The molecular formula is C21H16BrN3S. The molecule has 0 saturated heterocycles. The van der Waals surface area contributed by atoms with Gasteiger partial charge in [0.25, 0.3) is 0 Å². The molecule has 4 aromatic rings. The number of hydrogen-bond donors (Lipinski definition) is 0. The third kappa shape index (κ3) is 3.34. The van der Waals surface area contributed by atoms with Crippen LogP contribution in [-0.2, 0) is 0 Å². The molecule has 5 heteroatoms. The van der Waals surface area contributed by atoms with Gasteiger partial charge in [0.05, 0.1) is 23.0 Å².